The molecular formula is C26H34N8O4. The van der Waals surface area contributed by atoms with Crippen molar-refractivity contribution < 1.29 is 14.5 Å². The molecule has 12 nitrogen and oxygen atoms in total. The fourth-order valence-corrected chi connectivity index (χ4v) is 3.61. The molecule has 12 heteroatoms. The Morgan fingerprint density at radius 1 is 1.13 bits per heavy atom. The van der Waals surface area contributed by atoms with Gasteiger partial charge in [0, 0.05) is 31.4 Å². The van der Waals surface area contributed by atoms with Crippen molar-refractivity contribution in [2.45, 2.75) is 52.7 Å². The van der Waals surface area contributed by atoms with Crippen molar-refractivity contribution >= 4 is 40.6 Å². The van der Waals surface area contributed by atoms with Crippen LogP contribution in [0.3, 0.4) is 0 Å². The number of carbonyl (C=O) groups excluding carboxylic acids is 1. The van der Waals surface area contributed by atoms with Gasteiger partial charge in [-0.05, 0) is 64.4 Å². The highest BCUT2D eigenvalue weighted by Crippen LogP contribution is 2.26. The zero-order valence-electron chi connectivity index (χ0n) is 22.3. The SMILES string of the molecule is CCN(CC)c1ncc([N+](=O)[O-])c(NC(Cc2ccc(Nc3ncccc3N)cc2)C(=O)OC(C)(C)C)n1. The maximum absolute atomic E-state index is 13.2. The molecule has 2 aromatic heterocycles. The van der Waals surface area contributed by atoms with Crippen LogP contribution in [0.5, 0.6) is 0 Å². The van der Waals surface area contributed by atoms with Crippen molar-refractivity contribution in [2.24, 2.45) is 0 Å². The smallest absolute Gasteiger partial charge is 0.329 e. The zero-order chi connectivity index (χ0) is 27.9. The third-order valence-electron chi connectivity index (χ3n) is 5.50. The van der Waals surface area contributed by atoms with Crippen LogP contribution in [0.25, 0.3) is 0 Å². The van der Waals surface area contributed by atoms with E-state index in [2.05, 4.69) is 25.6 Å². The van der Waals surface area contributed by atoms with Crippen molar-refractivity contribution in [3.63, 3.8) is 0 Å². The van der Waals surface area contributed by atoms with E-state index in [1.165, 1.54) is 0 Å². The molecule has 0 saturated heterocycles. The van der Waals surface area contributed by atoms with E-state index in [1.807, 2.05) is 43.0 Å². The number of ether oxygens (including phenoxy) is 1. The quantitative estimate of drug-likeness (QED) is 0.187. The second-order valence-electron chi connectivity index (χ2n) is 9.53. The van der Waals surface area contributed by atoms with Crippen LogP contribution in [-0.2, 0) is 16.0 Å². The fourth-order valence-electron chi connectivity index (χ4n) is 3.61. The molecule has 0 aliphatic heterocycles. The summed E-state index contributed by atoms with van der Waals surface area (Å²) in [7, 11) is 0. The zero-order valence-corrected chi connectivity index (χ0v) is 22.3. The lowest BCUT2D eigenvalue weighted by molar-refractivity contribution is -0.384. The van der Waals surface area contributed by atoms with E-state index in [4.69, 9.17) is 10.5 Å². The second kappa shape index (κ2) is 12.2. The van der Waals surface area contributed by atoms with Crippen LogP contribution < -0.4 is 21.3 Å². The fraction of sp³-hybridized carbons (Fsp3) is 0.385. The summed E-state index contributed by atoms with van der Waals surface area (Å²) in [5, 5.41) is 17.8. The van der Waals surface area contributed by atoms with E-state index < -0.39 is 22.5 Å². The standard InChI is InChI=1S/C26H34N8O4/c1-6-33(7-2)25-29-16-21(34(36)37)23(32-25)31-20(24(35)38-26(3,4)5)15-17-10-12-18(13-11-17)30-22-19(27)9-8-14-28-22/h8-14,16,20H,6-7,15,27H2,1-5H3,(H,28,30)(H,29,31,32). The van der Waals surface area contributed by atoms with E-state index >= 15 is 0 Å². The van der Waals surface area contributed by atoms with Crippen LogP contribution in [0, 0.1) is 10.1 Å². The summed E-state index contributed by atoms with van der Waals surface area (Å²) in [6, 6.07) is 9.91. The molecule has 1 atom stereocenters. The van der Waals surface area contributed by atoms with Crippen molar-refractivity contribution in [1.82, 2.24) is 15.0 Å². The number of hydrogen-bond donors (Lipinski definition) is 3. The van der Waals surface area contributed by atoms with Gasteiger partial charge >= 0.3 is 11.7 Å². The molecule has 0 saturated carbocycles. The summed E-state index contributed by atoms with van der Waals surface area (Å²) in [6.07, 6.45) is 2.99. The number of nitrogen functional groups attached to an aromatic ring is 1. The number of benzene rings is 1. The Labute approximate surface area is 221 Å². The Morgan fingerprint density at radius 2 is 1.82 bits per heavy atom. The predicted octanol–water partition coefficient (Wildman–Crippen LogP) is 4.32. The van der Waals surface area contributed by atoms with E-state index in [0.717, 1.165) is 17.4 Å². The summed E-state index contributed by atoms with van der Waals surface area (Å²) in [6.45, 7) is 10.4. The lowest BCUT2D eigenvalue weighted by atomic mass is 10.0. The normalized spacial score (nSPS) is 11.9. The van der Waals surface area contributed by atoms with E-state index in [-0.39, 0.29) is 17.9 Å². The monoisotopic (exact) mass is 522 g/mol. The predicted molar refractivity (Wildman–Crippen MR) is 148 cm³/mol. The number of aromatic nitrogens is 3. The summed E-state index contributed by atoms with van der Waals surface area (Å²) >= 11 is 0. The minimum absolute atomic E-state index is 0.0494. The Morgan fingerprint density at radius 3 is 2.39 bits per heavy atom. The van der Waals surface area contributed by atoms with Crippen LogP contribution in [0.1, 0.15) is 40.2 Å². The Balaban J connectivity index is 1.89. The van der Waals surface area contributed by atoms with Gasteiger partial charge in [-0.25, -0.2) is 14.8 Å². The Hall–Kier alpha value is -4.48. The topological polar surface area (TPSA) is 161 Å². The maximum atomic E-state index is 13.2. The number of pyridine rings is 1. The number of rotatable bonds is 11. The van der Waals surface area contributed by atoms with E-state index in [9.17, 15) is 14.9 Å². The van der Waals surface area contributed by atoms with Gasteiger partial charge in [0.2, 0.25) is 11.8 Å². The van der Waals surface area contributed by atoms with E-state index in [1.54, 1.807) is 39.1 Å². The van der Waals surface area contributed by atoms with Gasteiger partial charge in [-0.2, -0.15) is 4.98 Å². The number of nitrogens with two attached hydrogens (primary N) is 1. The highest BCUT2D eigenvalue weighted by Gasteiger charge is 2.29. The van der Waals surface area contributed by atoms with Crippen LogP contribution >= 0.6 is 0 Å². The largest absolute Gasteiger partial charge is 0.458 e. The third kappa shape index (κ3) is 7.51. The van der Waals surface area contributed by atoms with Gasteiger partial charge < -0.3 is 26.0 Å². The lowest BCUT2D eigenvalue weighted by Crippen LogP contribution is -2.38. The van der Waals surface area contributed by atoms with Gasteiger partial charge in [-0.15, -0.1) is 0 Å². The molecule has 0 spiro atoms. The van der Waals surface area contributed by atoms with Gasteiger partial charge in [-0.1, -0.05) is 12.1 Å². The number of nitrogens with zero attached hydrogens (tertiary/aromatic N) is 5. The number of hydrogen-bond acceptors (Lipinski definition) is 11. The van der Waals surface area contributed by atoms with Gasteiger partial charge in [-0.3, -0.25) is 10.1 Å². The molecule has 1 aromatic carbocycles. The number of nitrogens with one attached hydrogen (secondary N) is 2. The molecule has 0 radical (unpaired) electrons. The minimum atomic E-state index is -0.947. The second-order valence-corrected chi connectivity index (χ2v) is 9.53. The molecule has 0 aliphatic rings. The van der Waals surface area contributed by atoms with Crippen molar-refractivity contribution in [3.05, 3.63) is 64.5 Å². The Bertz CT molecular complexity index is 1260. The van der Waals surface area contributed by atoms with Gasteiger partial charge in [0.1, 0.15) is 17.8 Å². The number of nitro groups is 1. The summed E-state index contributed by atoms with van der Waals surface area (Å²) in [5.74, 6) is 0.258. The number of carbonyl (C=O) groups is 1. The summed E-state index contributed by atoms with van der Waals surface area (Å²) in [5.41, 5.74) is 6.95. The summed E-state index contributed by atoms with van der Waals surface area (Å²) < 4.78 is 5.62. The summed E-state index contributed by atoms with van der Waals surface area (Å²) in [4.78, 5) is 38.9. The number of anilines is 5. The average molecular weight is 523 g/mol. The third-order valence-corrected chi connectivity index (χ3v) is 5.50. The van der Waals surface area contributed by atoms with Gasteiger partial charge in [0.15, 0.2) is 5.82 Å². The van der Waals surface area contributed by atoms with Crippen LogP contribution in [0.15, 0.2) is 48.8 Å². The van der Waals surface area contributed by atoms with Crippen molar-refractivity contribution in [2.75, 3.05) is 34.4 Å². The van der Waals surface area contributed by atoms with Gasteiger partial charge in [0.25, 0.3) is 0 Å². The molecule has 0 amide bonds. The molecule has 3 aromatic rings. The molecule has 202 valence electrons. The minimum Gasteiger partial charge on any atom is -0.458 e. The van der Waals surface area contributed by atoms with Crippen LogP contribution in [0.4, 0.5) is 34.6 Å². The average Bonchev–Trinajstić information content (AvgIpc) is 2.86. The molecule has 1 unspecified atom stereocenters. The first-order chi connectivity index (χ1) is 18.0. The van der Waals surface area contributed by atoms with Crippen LogP contribution in [-0.4, -0.2) is 50.6 Å². The van der Waals surface area contributed by atoms with Crippen molar-refractivity contribution in [1.29, 1.82) is 0 Å². The molecular weight excluding hydrogens is 488 g/mol. The maximum Gasteiger partial charge on any atom is 0.329 e. The molecule has 3 rings (SSSR count). The molecule has 0 fully saturated rings. The first-order valence-corrected chi connectivity index (χ1v) is 12.3. The molecule has 0 bridgehead atoms. The molecule has 2 heterocycles. The number of esters is 1. The lowest BCUT2D eigenvalue weighted by Gasteiger charge is -2.25. The van der Waals surface area contributed by atoms with Crippen molar-refractivity contribution in [3.8, 4) is 0 Å². The van der Waals surface area contributed by atoms with Gasteiger partial charge in [0.05, 0.1) is 10.6 Å². The molecule has 0 aliphatic carbocycles. The molecule has 4 N–H and O–H groups in total. The van der Waals surface area contributed by atoms with E-state index in [0.29, 0.717) is 30.5 Å². The Kier molecular flexibility index (Phi) is 9.00. The van der Waals surface area contributed by atoms with Crippen LogP contribution in [0.2, 0.25) is 0 Å². The first kappa shape index (κ1) is 28.1. The molecule has 38 heavy (non-hydrogen) atoms. The first-order valence-electron chi connectivity index (χ1n) is 12.3. The highest BCUT2D eigenvalue weighted by molar-refractivity contribution is 5.81. The highest BCUT2D eigenvalue weighted by atomic mass is 16.6.